The van der Waals surface area contributed by atoms with E-state index in [2.05, 4.69) is 31.5 Å². The summed E-state index contributed by atoms with van der Waals surface area (Å²) in [6, 6.07) is 1.51. The van der Waals surface area contributed by atoms with Gasteiger partial charge in [-0.05, 0) is 22.0 Å². The minimum atomic E-state index is -0.406. The van der Waals surface area contributed by atoms with Crippen LogP contribution in [0.15, 0.2) is 32.8 Å². The Morgan fingerprint density at radius 1 is 1.63 bits per heavy atom. The number of halogens is 1. The molecule has 0 aliphatic rings. The fourth-order valence-corrected chi connectivity index (χ4v) is 1.88. The highest BCUT2D eigenvalue weighted by molar-refractivity contribution is 9.10. The number of carbonyl (C=O) groups is 1. The van der Waals surface area contributed by atoms with Gasteiger partial charge in [0.25, 0.3) is 5.91 Å². The van der Waals surface area contributed by atoms with Crippen molar-refractivity contribution in [2.75, 3.05) is 5.32 Å². The number of amidine groups is 1. The van der Waals surface area contributed by atoms with Crippen LogP contribution in [0.3, 0.4) is 0 Å². The van der Waals surface area contributed by atoms with Crippen molar-refractivity contribution in [2.45, 2.75) is 0 Å². The Morgan fingerprint density at radius 3 is 2.95 bits per heavy atom. The first-order valence-corrected chi connectivity index (χ1v) is 5.88. The van der Waals surface area contributed by atoms with E-state index >= 15 is 0 Å². The fourth-order valence-electron chi connectivity index (χ4n) is 1.46. The first-order chi connectivity index (χ1) is 9.04. The molecule has 0 bridgehead atoms. The van der Waals surface area contributed by atoms with E-state index in [-0.39, 0.29) is 5.84 Å². The van der Waals surface area contributed by atoms with Gasteiger partial charge >= 0.3 is 0 Å². The van der Waals surface area contributed by atoms with Gasteiger partial charge in [0.1, 0.15) is 5.82 Å². The molecule has 0 fully saturated rings. The zero-order chi connectivity index (χ0) is 14.0. The van der Waals surface area contributed by atoms with Gasteiger partial charge in [0.2, 0.25) is 0 Å². The molecule has 0 aliphatic carbocycles. The molecule has 2 aromatic heterocycles. The Morgan fingerprint density at radius 2 is 2.37 bits per heavy atom. The molecule has 0 spiro atoms. The maximum absolute atomic E-state index is 12.0. The second kappa shape index (κ2) is 5.14. The van der Waals surface area contributed by atoms with Crippen LogP contribution in [-0.2, 0) is 7.05 Å². The van der Waals surface area contributed by atoms with Crippen molar-refractivity contribution in [1.82, 2.24) is 9.78 Å². The van der Waals surface area contributed by atoms with Crippen molar-refractivity contribution in [3.8, 4) is 0 Å². The number of furan rings is 1. The monoisotopic (exact) mass is 327 g/mol. The topological polar surface area (TPSA) is 119 Å². The molecule has 0 unspecified atom stereocenters. The number of hydrogen-bond acceptors (Lipinski definition) is 5. The van der Waals surface area contributed by atoms with E-state index in [1.165, 1.54) is 23.2 Å². The largest absolute Gasteiger partial charge is 0.457 e. The van der Waals surface area contributed by atoms with Gasteiger partial charge in [0.05, 0.1) is 23.6 Å². The van der Waals surface area contributed by atoms with Crippen molar-refractivity contribution in [1.29, 1.82) is 0 Å². The Bertz CT molecular complexity index is 645. The molecule has 0 saturated heterocycles. The third kappa shape index (κ3) is 2.45. The van der Waals surface area contributed by atoms with Gasteiger partial charge < -0.3 is 20.7 Å². The summed E-state index contributed by atoms with van der Waals surface area (Å²) in [6.45, 7) is 0. The number of aromatic nitrogens is 2. The minimum Gasteiger partial charge on any atom is -0.457 e. The molecule has 0 radical (unpaired) electrons. The number of oxime groups is 1. The number of rotatable bonds is 3. The molecule has 1 amide bonds. The third-order valence-electron chi connectivity index (χ3n) is 2.42. The fraction of sp³-hybridized carbons (Fsp3) is 0.100. The highest BCUT2D eigenvalue weighted by atomic mass is 79.9. The van der Waals surface area contributed by atoms with Gasteiger partial charge in [-0.15, -0.1) is 0 Å². The van der Waals surface area contributed by atoms with E-state index in [0.717, 1.165) is 0 Å². The van der Waals surface area contributed by atoms with E-state index in [0.29, 0.717) is 21.6 Å². The molecule has 2 aromatic rings. The first-order valence-electron chi connectivity index (χ1n) is 5.08. The van der Waals surface area contributed by atoms with E-state index in [1.807, 2.05) is 0 Å². The maximum atomic E-state index is 12.0. The molecular formula is C10H10BrN5O3. The number of nitrogens with zero attached hydrogens (tertiary/aromatic N) is 3. The van der Waals surface area contributed by atoms with Crippen LogP contribution < -0.4 is 11.1 Å². The van der Waals surface area contributed by atoms with Gasteiger partial charge in [-0.3, -0.25) is 9.48 Å². The summed E-state index contributed by atoms with van der Waals surface area (Å²) in [7, 11) is 1.62. The Kier molecular flexibility index (Phi) is 3.56. The number of hydrogen-bond donors (Lipinski definition) is 3. The quantitative estimate of drug-likeness (QED) is 0.338. The molecular weight excluding hydrogens is 318 g/mol. The zero-order valence-electron chi connectivity index (χ0n) is 9.79. The lowest BCUT2D eigenvalue weighted by molar-refractivity contribution is 0.102. The summed E-state index contributed by atoms with van der Waals surface area (Å²) in [5.74, 6) is -0.237. The lowest BCUT2D eigenvalue weighted by atomic mass is 10.2. The molecule has 0 aliphatic heterocycles. The van der Waals surface area contributed by atoms with Crippen molar-refractivity contribution in [2.24, 2.45) is 17.9 Å². The molecule has 0 atom stereocenters. The van der Waals surface area contributed by atoms with Gasteiger partial charge in [0, 0.05) is 7.05 Å². The van der Waals surface area contributed by atoms with Crippen LogP contribution in [-0.4, -0.2) is 26.7 Å². The lowest BCUT2D eigenvalue weighted by Gasteiger charge is -2.06. The maximum Gasteiger partial charge on any atom is 0.261 e. The normalized spacial score (nSPS) is 11.6. The lowest BCUT2D eigenvalue weighted by Crippen LogP contribution is -2.19. The SMILES string of the molecule is Cn1ncc(/C(N)=N/O)c1NC(=O)c1ccoc1Br. The van der Waals surface area contributed by atoms with Crippen molar-refractivity contribution >= 4 is 33.5 Å². The number of nitrogens with one attached hydrogen (secondary N) is 1. The number of aryl methyl sites for hydroxylation is 1. The van der Waals surface area contributed by atoms with E-state index in [9.17, 15) is 4.79 Å². The molecule has 2 heterocycles. The van der Waals surface area contributed by atoms with E-state index in [1.54, 1.807) is 7.05 Å². The molecule has 0 saturated carbocycles. The van der Waals surface area contributed by atoms with Crippen LogP contribution in [0, 0.1) is 0 Å². The van der Waals surface area contributed by atoms with E-state index < -0.39 is 5.91 Å². The van der Waals surface area contributed by atoms with Gasteiger partial charge in [-0.25, -0.2) is 0 Å². The Labute approximate surface area is 116 Å². The number of nitrogens with two attached hydrogens (primary N) is 1. The number of carbonyl (C=O) groups excluding carboxylic acids is 1. The highest BCUT2D eigenvalue weighted by Crippen LogP contribution is 2.20. The number of anilines is 1. The van der Waals surface area contributed by atoms with Gasteiger partial charge in [-0.1, -0.05) is 5.16 Å². The van der Waals surface area contributed by atoms with Crippen LogP contribution in [0.5, 0.6) is 0 Å². The highest BCUT2D eigenvalue weighted by Gasteiger charge is 2.18. The van der Waals surface area contributed by atoms with Crippen LogP contribution in [0.1, 0.15) is 15.9 Å². The Balaban J connectivity index is 2.32. The van der Waals surface area contributed by atoms with Gasteiger partial charge in [-0.2, -0.15) is 5.10 Å². The second-order valence-corrected chi connectivity index (χ2v) is 4.30. The second-order valence-electron chi connectivity index (χ2n) is 3.58. The molecule has 100 valence electrons. The Hall–Kier alpha value is -2.29. The first kappa shape index (κ1) is 13.1. The van der Waals surface area contributed by atoms with Crippen LogP contribution >= 0.6 is 15.9 Å². The molecule has 19 heavy (non-hydrogen) atoms. The zero-order valence-corrected chi connectivity index (χ0v) is 11.4. The summed E-state index contributed by atoms with van der Waals surface area (Å²) in [4.78, 5) is 12.0. The number of amides is 1. The molecule has 8 nitrogen and oxygen atoms in total. The average Bonchev–Trinajstić information content (AvgIpc) is 2.96. The minimum absolute atomic E-state index is 0.144. The summed E-state index contributed by atoms with van der Waals surface area (Å²) in [5.41, 5.74) is 6.14. The molecule has 4 N–H and O–H groups in total. The predicted octanol–water partition coefficient (Wildman–Crippen LogP) is 1.12. The molecule has 9 heteroatoms. The van der Waals surface area contributed by atoms with Crippen LogP contribution in [0.25, 0.3) is 0 Å². The summed E-state index contributed by atoms with van der Waals surface area (Å²) in [5, 5.41) is 18.1. The van der Waals surface area contributed by atoms with E-state index in [4.69, 9.17) is 15.4 Å². The van der Waals surface area contributed by atoms with Crippen molar-refractivity contribution in [3.05, 3.63) is 34.3 Å². The summed E-state index contributed by atoms with van der Waals surface area (Å²) < 4.78 is 6.70. The van der Waals surface area contributed by atoms with Crippen LogP contribution in [0.4, 0.5) is 5.82 Å². The summed E-state index contributed by atoms with van der Waals surface area (Å²) >= 11 is 3.11. The third-order valence-corrected chi connectivity index (χ3v) is 3.03. The van der Waals surface area contributed by atoms with Crippen molar-refractivity contribution < 1.29 is 14.4 Å². The molecule has 0 aromatic carbocycles. The predicted molar refractivity (Wildman–Crippen MR) is 70.1 cm³/mol. The van der Waals surface area contributed by atoms with Crippen LogP contribution in [0.2, 0.25) is 0 Å². The standard InChI is InChI=1S/C10H10BrN5O3/c1-16-9(6(4-13-16)8(12)15-18)14-10(17)5-2-3-19-7(5)11/h2-4,18H,1H3,(H2,12,15)(H,14,17). The summed E-state index contributed by atoms with van der Waals surface area (Å²) in [6.07, 6.45) is 2.77. The van der Waals surface area contributed by atoms with Gasteiger partial charge in [0.15, 0.2) is 10.5 Å². The van der Waals surface area contributed by atoms with Crippen molar-refractivity contribution in [3.63, 3.8) is 0 Å². The molecule has 2 rings (SSSR count). The average molecular weight is 328 g/mol. The smallest absolute Gasteiger partial charge is 0.261 e.